The van der Waals surface area contributed by atoms with Gasteiger partial charge in [-0.15, -0.1) is 0 Å². The average molecular weight is 343 g/mol. The highest BCUT2D eigenvalue weighted by Crippen LogP contribution is 2.18. The van der Waals surface area contributed by atoms with E-state index in [9.17, 15) is 4.79 Å². The van der Waals surface area contributed by atoms with E-state index in [1.54, 1.807) is 31.2 Å². The lowest BCUT2D eigenvalue weighted by atomic mass is 10.2. The Kier molecular flexibility index (Phi) is 4.90. The standard InChI is InChI=1S/C20H17N5O/c1-13-5-3-7-16(9-13)25-20(26)18-11-19(23-14(2)22-18)24-17-8-4-6-15(10-17)12-21/h3-11H,1-2H3,(H,25,26)(H,22,23,24). The second-order valence-corrected chi connectivity index (χ2v) is 5.83. The fourth-order valence-corrected chi connectivity index (χ4v) is 2.48. The lowest BCUT2D eigenvalue weighted by molar-refractivity contribution is 0.102. The minimum Gasteiger partial charge on any atom is -0.340 e. The van der Waals surface area contributed by atoms with Crippen molar-refractivity contribution >= 4 is 23.1 Å². The van der Waals surface area contributed by atoms with Crippen LogP contribution >= 0.6 is 0 Å². The number of nitrogens with zero attached hydrogens (tertiary/aromatic N) is 3. The molecule has 0 unspecified atom stereocenters. The van der Waals surface area contributed by atoms with E-state index < -0.39 is 0 Å². The number of hydrogen-bond acceptors (Lipinski definition) is 5. The summed E-state index contributed by atoms with van der Waals surface area (Å²) < 4.78 is 0. The molecule has 1 aromatic heterocycles. The van der Waals surface area contributed by atoms with Crippen LogP contribution in [0.2, 0.25) is 0 Å². The van der Waals surface area contributed by atoms with Crippen LogP contribution in [-0.4, -0.2) is 15.9 Å². The number of nitrogens with one attached hydrogen (secondary N) is 2. The fourth-order valence-electron chi connectivity index (χ4n) is 2.48. The van der Waals surface area contributed by atoms with E-state index in [0.29, 0.717) is 28.6 Å². The molecular weight excluding hydrogens is 326 g/mol. The summed E-state index contributed by atoms with van der Waals surface area (Å²) in [6.45, 7) is 3.68. The first-order valence-electron chi connectivity index (χ1n) is 8.04. The van der Waals surface area contributed by atoms with E-state index in [4.69, 9.17) is 5.26 Å². The van der Waals surface area contributed by atoms with Gasteiger partial charge in [0.15, 0.2) is 0 Å². The van der Waals surface area contributed by atoms with E-state index in [1.165, 1.54) is 0 Å². The van der Waals surface area contributed by atoms with Crippen LogP contribution in [0.3, 0.4) is 0 Å². The minimum atomic E-state index is -0.310. The number of anilines is 3. The highest BCUT2D eigenvalue weighted by molar-refractivity contribution is 6.03. The van der Waals surface area contributed by atoms with Gasteiger partial charge in [0.05, 0.1) is 11.6 Å². The van der Waals surface area contributed by atoms with E-state index in [1.807, 2.05) is 37.3 Å². The lowest BCUT2D eigenvalue weighted by Gasteiger charge is -2.10. The highest BCUT2D eigenvalue weighted by atomic mass is 16.1. The molecule has 0 atom stereocenters. The van der Waals surface area contributed by atoms with Crippen molar-refractivity contribution in [3.63, 3.8) is 0 Å². The maximum Gasteiger partial charge on any atom is 0.274 e. The molecule has 3 rings (SSSR count). The molecule has 6 nitrogen and oxygen atoms in total. The molecule has 0 bridgehead atoms. The van der Waals surface area contributed by atoms with Crippen LogP contribution in [0.4, 0.5) is 17.2 Å². The van der Waals surface area contributed by atoms with Crippen molar-refractivity contribution in [3.8, 4) is 6.07 Å². The number of amides is 1. The highest BCUT2D eigenvalue weighted by Gasteiger charge is 2.11. The first-order valence-corrected chi connectivity index (χ1v) is 8.04. The first kappa shape index (κ1) is 17.1. The quantitative estimate of drug-likeness (QED) is 0.748. The molecule has 0 saturated carbocycles. The number of nitriles is 1. The van der Waals surface area contributed by atoms with Crippen LogP contribution in [-0.2, 0) is 0 Å². The number of rotatable bonds is 4. The Morgan fingerprint density at radius 2 is 1.77 bits per heavy atom. The molecule has 2 aromatic carbocycles. The second kappa shape index (κ2) is 7.45. The topological polar surface area (TPSA) is 90.7 Å². The number of aromatic nitrogens is 2. The Morgan fingerprint density at radius 1 is 1.00 bits per heavy atom. The number of benzene rings is 2. The Balaban J connectivity index is 1.82. The van der Waals surface area contributed by atoms with Crippen molar-refractivity contribution in [1.82, 2.24) is 9.97 Å². The largest absolute Gasteiger partial charge is 0.340 e. The number of hydrogen-bond donors (Lipinski definition) is 2. The molecule has 26 heavy (non-hydrogen) atoms. The van der Waals surface area contributed by atoms with Crippen LogP contribution < -0.4 is 10.6 Å². The molecule has 128 valence electrons. The lowest BCUT2D eigenvalue weighted by Crippen LogP contribution is -2.15. The van der Waals surface area contributed by atoms with Crippen molar-refractivity contribution < 1.29 is 4.79 Å². The van der Waals surface area contributed by atoms with Gasteiger partial charge >= 0.3 is 0 Å². The smallest absolute Gasteiger partial charge is 0.274 e. The van der Waals surface area contributed by atoms with Gasteiger partial charge in [0.1, 0.15) is 17.3 Å². The summed E-state index contributed by atoms with van der Waals surface area (Å²) in [7, 11) is 0. The Bertz CT molecular complexity index is 1010. The summed E-state index contributed by atoms with van der Waals surface area (Å²) in [6.07, 6.45) is 0. The van der Waals surface area contributed by atoms with Gasteiger partial charge in [-0.1, -0.05) is 18.2 Å². The normalized spacial score (nSPS) is 10.0. The molecule has 2 N–H and O–H groups in total. The number of aryl methyl sites for hydroxylation is 2. The summed E-state index contributed by atoms with van der Waals surface area (Å²) in [4.78, 5) is 21.0. The van der Waals surface area contributed by atoms with Crippen molar-refractivity contribution in [2.24, 2.45) is 0 Å². The van der Waals surface area contributed by atoms with Gasteiger partial charge in [-0.05, 0) is 49.7 Å². The van der Waals surface area contributed by atoms with Crippen LogP contribution in [0.15, 0.2) is 54.6 Å². The van der Waals surface area contributed by atoms with Gasteiger partial charge in [0.2, 0.25) is 0 Å². The Hall–Kier alpha value is -3.72. The van der Waals surface area contributed by atoms with E-state index in [0.717, 1.165) is 5.56 Å². The van der Waals surface area contributed by atoms with Crippen LogP contribution in [0, 0.1) is 25.2 Å². The minimum absolute atomic E-state index is 0.262. The van der Waals surface area contributed by atoms with E-state index >= 15 is 0 Å². The predicted octanol–water partition coefficient (Wildman–Crippen LogP) is 3.96. The van der Waals surface area contributed by atoms with Crippen molar-refractivity contribution in [3.05, 3.63) is 77.2 Å². The molecule has 6 heteroatoms. The SMILES string of the molecule is Cc1cccc(NC(=O)c2cc(Nc3cccc(C#N)c3)nc(C)n2)c1. The van der Waals surface area contributed by atoms with Gasteiger partial charge < -0.3 is 10.6 Å². The fraction of sp³-hybridized carbons (Fsp3) is 0.100. The van der Waals surface area contributed by atoms with Gasteiger partial charge in [-0.2, -0.15) is 5.26 Å². The van der Waals surface area contributed by atoms with Gasteiger partial charge in [-0.25, -0.2) is 9.97 Å². The molecule has 0 fully saturated rings. The third-order valence-corrected chi connectivity index (χ3v) is 3.61. The van der Waals surface area contributed by atoms with Crippen molar-refractivity contribution in [1.29, 1.82) is 5.26 Å². The summed E-state index contributed by atoms with van der Waals surface area (Å²) in [5.74, 6) is 0.651. The molecular formula is C20H17N5O. The molecule has 1 amide bonds. The molecule has 0 spiro atoms. The molecule has 1 heterocycles. The van der Waals surface area contributed by atoms with Crippen molar-refractivity contribution in [2.75, 3.05) is 10.6 Å². The van der Waals surface area contributed by atoms with Crippen molar-refractivity contribution in [2.45, 2.75) is 13.8 Å². The summed E-state index contributed by atoms with van der Waals surface area (Å²) >= 11 is 0. The second-order valence-electron chi connectivity index (χ2n) is 5.83. The maximum atomic E-state index is 12.5. The molecule has 0 aliphatic carbocycles. The molecule has 3 aromatic rings. The van der Waals surface area contributed by atoms with Crippen LogP contribution in [0.25, 0.3) is 0 Å². The monoisotopic (exact) mass is 343 g/mol. The van der Waals surface area contributed by atoms with Gasteiger partial charge in [0.25, 0.3) is 5.91 Å². The molecule has 0 radical (unpaired) electrons. The maximum absolute atomic E-state index is 12.5. The average Bonchev–Trinajstić information content (AvgIpc) is 2.61. The summed E-state index contributed by atoms with van der Waals surface area (Å²) in [5, 5.41) is 14.9. The zero-order valence-corrected chi connectivity index (χ0v) is 14.4. The van der Waals surface area contributed by atoms with E-state index in [-0.39, 0.29) is 11.6 Å². The predicted molar refractivity (Wildman–Crippen MR) is 100 cm³/mol. The molecule has 0 aliphatic rings. The van der Waals surface area contributed by atoms with Crippen LogP contribution in [0.5, 0.6) is 0 Å². The van der Waals surface area contributed by atoms with Gasteiger partial charge in [-0.3, -0.25) is 4.79 Å². The zero-order valence-electron chi connectivity index (χ0n) is 14.4. The van der Waals surface area contributed by atoms with Crippen LogP contribution in [0.1, 0.15) is 27.4 Å². The Labute approximate surface area is 151 Å². The molecule has 0 aliphatic heterocycles. The third kappa shape index (κ3) is 4.22. The third-order valence-electron chi connectivity index (χ3n) is 3.61. The summed E-state index contributed by atoms with van der Waals surface area (Å²) in [6, 6.07) is 18.3. The number of carbonyl (C=O) groups is 1. The van der Waals surface area contributed by atoms with Gasteiger partial charge in [0, 0.05) is 17.4 Å². The first-order chi connectivity index (χ1) is 12.5. The summed E-state index contributed by atoms with van der Waals surface area (Å²) in [5.41, 5.74) is 3.28. The molecule has 0 saturated heterocycles. The van der Waals surface area contributed by atoms with E-state index in [2.05, 4.69) is 26.7 Å². The zero-order chi connectivity index (χ0) is 18.5. The Morgan fingerprint density at radius 3 is 2.54 bits per heavy atom. The number of carbonyl (C=O) groups excluding carboxylic acids is 1.